The molecule has 6 heteroatoms. The minimum atomic E-state index is -0.733. The molecule has 9 atom stereocenters. The summed E-state index contributed by atoms with van der Waals surface area (Å²) in [6.45, 7) is 16.0. The normalized spacial score (nSPS) is 39.3. The van der Waals surface area contributed by atoms with Crippen molar-refractivity contribution < 1.29 is 29.0 Å². The van der Waals surface area contributed by atoms with E-state index in [1.165, 1.54) is 11.6 Å². The van der Waals surface area contributed by atoms with Gasteiger partial charge in [-0.15, -0.1) is 0 Å². The summed E-state index contributed by atoms with van der Waals surface area (Å²) in [5.41, 5.74) is 1.19. The predicted molar refractivity (Wildman–Crippen MR) is 204 cm³/mol. The molecule has 5 aliphatic rings. The number of esters is 1. The second-order valence-corrected chi connectivity index (χ2v) is 19.0. The minimum absolute atomic E-state index is 0.00944. The number of ether oxygens (including phenoxy) is 2. The molecule has 52 heavy (non-hydrogen) atoms. The van der Waals surface area contributed by atoms with E-state index >= 15 is 0 Å². The molecule has 0 radical (unpaired) electrons. The van der Waals surface area contributed by atoms with Crippen molar-refractivity contribution >= 4 is 23.6 Å². The van der Waals surface area contributed by atoms with Gasteiger partial charge in [0.2, 0.25) is 0 Å². The highest BCUT2D eigenvalue weighted by Crippen LogP contribution is 2.75. The van der Waals surface area contributed by atoms with Crippen LogP contribution in [0.4, 0.5) is 0 Å². The maximum atomic E-state index is 14.7. The molecule has 6 nitrogen and oxygen atoms in total. The first kappa shape index (κ1) is 36.8. The third-order valence-electron chi connectivity index (χ3n) is 15.9. The lowest BCUT2D eigenvalue weighted by atomic mass is 9.33. The Morgan fingerprint density at radius 2 is 1.56 bits per heavy atom. The molecule has 5 aliphatic carbocycles. The summed E-state index contributed by atoms with van der Waals surface area (Å²) in [6, 6.07) is 14.5. The van der Waals surface area contributed by atoms with Crippen LogP contribution in [-0.2, 0) is 9.59 Å². The lowest BCUT2D eigenvalue weighted by molar-refractivity contribution is -0.202. The molecule has 0 amide bonds. The molecule has 0 unspecified atom stereocenters. The molecule has 0 aromatic heterocycles. The molecule has 4 saturated carbocycles. The molecule has 0 bridgehead atoms. The summed E-state index contributed by atoms with van der Waals surface area (Å²) >= 11 is 0. The van der Waals surface area contributed by atoms with Gasteiger partial charge in [0.15, 0.2) is 23.1 Å². The highest BCUT2D eigenvalue weighted by atomic mass is 16.6. The van der Waals surface area contributed by atoms with Gasteiger partial charge in [0.05, 0.1) is 18.6 Å². The maximum Gasteiger partial charge on any atom is 0.317 e. The molecule has 278 valence electrons. The molecular weight excluding hydrogens is 649 g/mol. The van der Waals surface area contributed by atoms with Crippen LogP contribution in [0, 0.1) is 50.2 Å². The van der Waals surface area contributed by atoms with Crippen LogP contribution in [0.25, 0.3) is 6.08 Å². The van der Waals surface area contributed by atoms with E-state index in [9.17, 15) is 19.5 Å². The van der Waals surface area contributed by atoms with Crippen molar-refractivity contribution in [2.75, 3.05) is 7.11 Å². The van der Waals surface area contributed by atoms with E-state index in [1.54, 1.807) is 37.5 Å². The van der Waals surface area contributed by atoms with Gasteiger partial charge in [0, 0.05) is 11.5 Å². The minimum Gasteiger partial charge on any atom is -0.493 e. The van der Waals surface area contributed by atoms with Crippen molar-refractivity contribution in [3.05, 3.63) is 77.4 Å². The molecule has 0 spiro atoms. The Balaban J connectivity index is 1.14. The standard InChI is InChI=1S/C46H58O6/c1-41(2)37-18-21-46(7)39(44(37,5)20-19-38(41)49)34(48)27-31-32-28-43(4,23-22-42(32,3)24-25-45(31,46)6)40(50)52-35-17-15-29(26-36(35)51-8)14-16-33(47)30-12-10-9-11-13-30/h9-17,26-27,32,37-39,49H,18-25,28H2,1-8H3/b16-14+/t32-,37-,38-,39+,42+,43-,44-,45+,46+/m0/s1. The molecule has 0 heterocycles. The number of allylic oxidation sites excluding steroid dienone is 3. The number of aliphatic hydroxyl groups is 1. The maximum absolute atomic E-state index is 14.7. The second-order valence-electron chi connectivity index (χ2n) is 19.0. The number of hydrogen-bond acceptors (Lipinski definition) is 6. The first-order chi connectivity index (χ1) is 24.4. The van der Waals surface area contributed by atoms with Crippen LogP contribution >= 0.6 is 0 Å². The third kappa shape index (κ3) is 5.48. The first-order valence-corrected chi connectivity index (χ1v) is 19.5. The lowest BCUT2D eigenvalue weighted by Gasteiger charge is -2.70. The van der Waals surface area contributed by atoms with Gasteiger partial charge in [0.1, 0.15) is 0 Å². The monoisotopic (exact) mass is 706 g/mol. The second kappa shape index (κ2) is 12.5. The van der Waals surface area contributed by atoms with Gasteiger partial charge in [-0.1, -0.05) is 89.6 Å². The third-order valence-corrected chi connectivity index (χ3v) is 15.9. The first-order valence-electron chi connectivity index (χ1n) is 19.5. The van der Waals surface area contributed by atoms with E-state index in [0.717, 1.165) is 56.9 Å². The van der Waals surface area contributed by atoms with E-state index in [0.29, 0.717) is 29.4 Å². The zero-order valence-electron chi connectivity index (χ0n) is 32.5. The SMILES string of the molecule is COc1cc(/C=C/C(=O)c2ccccc2)ccc1OC(=O)[C@@]1(C)CC[C@]2(C)CC[C@]3(C)C(=CC(=O)[C@@H]4[C@@]5(C)CC[C@H](O)C(C)(C)[C@@H]5CC[C@]43C)[C@@H]2C1. The predicted octanol–water partition coefficient (Wildman–Crippen LogP) is 9.84. The van der Waals surface area contributed by atoms with Gasteiger partial charge in [-0.05, 0) is 133 Å². The molecule has 0 saturated heterocycles. The summed E-state index contributed by atoms with van der Waals surface area (Å²) in [6.07, 6.45) is 13.0. The molecule has 1 N–H and O–H groups in total. The van der Waals surface area contributed by atoms with Crippen molar-refractivity contribution in [1.82, 2.24) is 0 Å². The number of carbonyl (C=O) groups is 3. The van der Waals surface area contributed by atoms with Gasteiger partial charge < -0.3 is 14.6 Å². The van der Waals surface area contributed by atoms with Crippen LogP contribution in [-0.4, -0.2) is 35.9 Å². The van der Waals surface area contributed by atoms with Crippen LogP contribution in [0.2, 0.25) is 0 Å². The number of fused-ring (bicyclic) bond motifs is 7. The summed E-state index contributed by atoms with van der Waals surface area (Å²) in [4.78, 5) is 41.5. The molecular formula is C46H58O6. The van der Waals surface area contributed by atoms with Gasteiger partial charge in [0.25, 0.3) is 0 Å². The van der Waals surface area contributed by atoms with E-state index < -0.39 is 5.41 Å². The Bertz CT molecular complexity index is 1840. The van der Waals surface area contributed by atoms with Gasteiger partial charge in [-0.2, -0.15) is 0 Å². The number of carbonyl (C=O) groups excluding carboxylic acids is 3. The summed E-state index contributed by atoms with van der Waals surface area (Å²) in [5.74, 6) is 1.00. The quantitative estimate of drug-likeness (QED) is 0.139. The fourth-order valence-electron chi connectivity index (χ4n) is 12.3. The zero-order chi connectivity index (χ0) is 37.5. The van der Waals surface area contributed by atoms with E-state index in [4.69, 9.17) is 9.47 Å². The Hall–Kier alpha value is -3.51. The van der Waals surface area contributed by atoms with Crippen molar-refractivity contribution in [3.63, 3.8) is 0 Å². The average Bonchev–Trinajstić information content (AvgIpc) is 3.11. The van der Waals surface area contributed by atoms with Crippen molar-refractivity contribution in [2.45, 2.75) is 112 Å². The fraction of sp³-hybridized carbons (Fsp3) is 0.587. The van der Waals surface area contributed by atoms with E-state index in [-0.39, 0.29) is 62.6 Å². The van der Waals surface area contributed by atoms with Crippen LogP contribution in [0.15, 0.2) is 66.3 Å². The number of aliphatic hydroxyl groups excluding tert-OH is 1. The highest BCUT2D eigenvalue weighted by molar-refractivity contribution is 6.06. The van der Waals surface area contributed by atoms with Crippen LogP contribution in [0.3, 0.4) is 0 Å². The van der Waals surface area contributed by atoms with Crippen LogP contribution < -0.4 is 9.47 Å². The topological polar surface area (TPSA) is 89.9 Å². The lowest BCUT2D eigenvalue weighted by Crippen LogP contribution is -2.66. The van der Waals surface area contributed by atoms with Gasteiger partial charge >= 0.3 is 5.97 Å². The van der Waals surface area contributed by atoms with Gasteiger partial charge in [-0.25, -0.2) is 0 Å². The average molecular weight is 707 g/mol. The van der Waals surface area contributed by atoms with E-state index in [1.807, 2.05) is 31.2 Å². The Morgan fingerprint density at radius 1 is 0.846 bits per heavy atom. The van der Waals surface area contributed by atoms with Gasteiger partial charge in [-0.3, -0.25) is 14.4 Å². The van der Waals surface area contributed by atoms with Crippen molar-refractivity contribution in [1.29, 1.82) is 0 Å². The number of hydrogen-bond donors (Lipinski definition) is 1. The molecule has 2 aromatic carbocycles. The molecule has 2 aromatic rings. The van der Waals surface area contributed by atoms with Crippen molar-refractivity contribution in [3.8, 4) is 11.5 Å². The van der Waals surface area contributed by atoms with Crippen LogP contribution in [0.5, 0.6) is 11.5 Å². The number of rotatable bonds is 6. The number of methoxy groups -OCH3 is 1. The van der Waals surface area contributed by atoms with E-state index in [2.05, 4.69) is 47.6 Å². The smallest absolute Gasteiger partial charge is 0.317 e. The van der Waals surface area contributed by atoms with Crippen LogP contribution in [0.1, 0.15) is 122 Å². The molecule has 0 aliphatic heterocycles. The Labute approximate surface area is 310 Å². The molecule has 7 rings (SSSR count). The number of benzene rings is 2. The summed E-state index contributed by atoms with van der Waals surface area (Å²) < 4.78 is 11.8. The number of ketones is 2. The molecule has 4 fully saturated rings. The highest BCUT2D eigenvalue weighted by Gasteiger charge is 2.70. The Kier molecular flexibility index (Phi) is 8.88. The largest absolute Gasteiger partial charge is 0.493 e. The zero-order valence-corrected chi connectivity index (χ0v) is 32.5. The fourth-order valence-corrected chi connectivity index (χ4v) is 12.3. The van der Waals surface area contributed by atoms with Crippen molar-refractivity contribution in [2.24, 2.45) is 50.2 Å². The summed E-state index contributed by atoms with van der Waals surface area (Å²) in [7, 11) is 1.55. The Morgan fingerprint density at radius 3 is 2.27 bits per heavy atom. The summed E-state index contributed by atoms with van der Waals surface area (Å²) in [5, 5.41) is 11.1.